The van der Waals surface area contributed by atoms with Crippen molar-refractivity contribution in [3.63, 3.8) is 0 Å². The van der Waals surface area contributed by atoms with Crippen molar-refractivity contribution >= 4 is 23.2 Å². The van der Waals surface area contributed by atoms with Crippen molar-refractivity contribution in [1.82, 2.24) is 15.0 Å². The van der Waals surface area contributed by atoms with Gasteiger partial charge >= 0.3 is 0 Å². The summed E-state index contributed by atoms with van der Waals surface area (Å²) in [6, 6.07) is 11.1. The zero-order valence-corrected chi connectivity index (χ0v) is 15.8. The summed E-state index contributed by atoms with van der Waals surface area (Å²) < 4.78 is 7.00. The highest BCUT2D eigenvalue weighted by Crippen LogP contribution is 2.26. The fraction of sp³-hybridized carbons (Fsp3) is 0.211. The normalized spacial score (nSPS) is 10.7. The van der Waals surface area contributed by atoms with Crippen molar-refractivity contribution in [3.8, 4) is 11.4 Å². The third kappa shape index (κ3) is 3.41. The van der Waals surface area contributed by atoms with E-state index in [1.165, 1.54) is 0 Å². The van der Waals surface area contributed by atoms with E-state index in [4.69, 9.17) is 16.3 Å². The van der Waals surface area contributed by atoms with Crippen LogP contribution in [0.2, 0.25) is 5.02 Å². The zero-order chi connectivity index (χ0) is 18.8. The van der Waals surface area contributed by atoms with Gasteiger partial charge in [0.25, 0.3) is 5.91 Å². The number of aryl methyl sites for hydroxylation is 2. The molecule has 1 N–H and O–H groups in total. The number of carbonyl (C=O) groups is 1. The van der Waals surface area contributed by atoms with Crippen LogP contribution < -0.4 is 10.1 Å². The van der Waals surface area contributed by atoms with Crippen LogP contribution in [-0.4, -0.2) is 28.0 Å². The Hall–Kier alpha value is -2.86. The van der Waals surface area contributed by atoms with E-state index in [2.05, 4.69) is 15.6 Å². The number of amides is 1. The molecule has 7 heteroatoms. The molecule has 0 fully saturated rings. The number of hydrogen-bond donors (Lipinski definition) is 1. The number of aromatic nitrogens is 3. The second-order valence-electron chi connectivity index (χ2n) is 6.02. The third-order valence-electron chi connectivity index (χ3n) is 4.12. The first-order valence-corrected chi connectivity index (χ1v) is 8.43. The van der Waals surface area contributed by atoms with Crippen LogP contribution in [-0.2, 0) is 0 Å². The highest BCUT2D eigenvalue weighted by Gasteiger charge is 2.20. The van der Waals surface area contributed by atoms with Crippen LogP contribution in [0.15, 0.2) is 36.4 Å². The van der Waals surface area contributed by atoms with Crippen LogP contribution in [0.5, 0.6) is 5.75 Å². The molecule has 134 valence electrons. The van der Waals surface area contributed by atoms with Crippen LogP contribution in [0.3, 0.4) is 0 Å². The molecule has 3 aromatic rings. The number of nitrogens with one attached hydrogen (secondary N) is 1. The van der Waals surface area contributed by atoms with Crippen LogP contribution in [0.4, 0.5) is 5.69 Å². The third-order valence-corrected chi connectivity index (χ3v) is 4.36. The molecule has 26 heavy (non-hydrogen) atoms. The maximum Gasteiger partial charge on any atom is 0.278 e. The molecule has 1 amide bonds. The summed E-state index contributed by atoms with van der Waals surface area (Å²) in [6.07, 6.45) is 0. The zero-order valence-electron chi connectivity index (χ0n) is 15.0. The Bertz CT molecular complexity index is 982. The minimum atomic E-state index is -0.342. The summed E-state index contributed by atoms with van der Waals surface area (Å²) in [6.45, 7) is 5.67. The molecule has 0 saturated carbocycles. The second-order valence-corrected chi connectivity index (χ2v) is 6.46. The highest BCUT2D eigenvalue weighted by molar-refractivity contribution is 6.31. The smallest absolute Gasteiger partial charge is 0.278 e. The SMILES string of the molecule is COc1ccc(C)cc1-n1nnc(C(=O)Nc2cc(Cl)ccc2C)c1C. The summed E-state index contributed by atoms with van der Waals surface area (Å²) in [5.41, 5.74) is 4.20. The van der Waals surface area contributed by atoms with Crippen molar-refractivity contribution in [2.45, 2.75) is 20.8 Å². The van der Waals surface area contributed by atoms with Crippen molar-refractivity contribution in [3.05, 3.63) is 63.9 Å². The van der Waals surface area contributed by atoms with Gasteiger partial charge in [0.2, 0.25) is 0 Å². The predicted octanol–water partition coefficient (Wildman–Crippen LogP) is 4.11. The van der Waals surface area contributed by atoms with Crippen LogP contribution in [0.25, 0.3) is 5.69 Å². The molecule has 2 aromatic carbocycles. The summed E-state index contributed by atoms with van der Waals surface area (Å²) in [5.74, 6) is 0.312. The molecular formula is C19H19ClN4O2. The molecule has 0 aliphatic rings. The lowest BCUT2D eigenvalue weighted by Gasteiger charge is -2.11. The Balaban J connectivity index is 1.95. The topological polar surface area (TPSA) is 69.0 Å². The number of benzene rings is 2. The molecular weight excluding hydrogens is 352 g/mol. The number of anilines is 1. The Labute approximate surface area is 156 Å². The van der Waals surface area contributed by atoms with Gasteiger partial charge in [0, 0.05) is 10.7 Å². The predicted molar refractivity (Wildman–Crippen MR) is 102 cm³/mol. The van der Waals surface area contributed by atoms with Crippen molar-refractivity contribution in [1.29, 1.82) is 0 Å². The number of hydrogen-bond acceptors (Lipinski definition) is 4. The van der Waals surface area contributed by atoms with E-state index in [1.54, 1.807) is 30.8 Å². The average Bonchev–Trinajstić information content (AvgIpc) is 2.99. The van der Waals surface area contributed by atoms with Gasteiger partial charge in [-0.3, -0.25) is 4.79 Å². The summed E-state index contributed by atoms with van der Waals surface area (Å²) in [5, 5.41) is 11.6. The van der Waals surface area contributed by atoms with Crippen molar-refractivity contribution in [2.24, 2.45) is 0 Å². The van der Waals surface area contributed by atoms with Gasteiger partial charge in [0.1, 0.15) is 11.4 Å². The molecule has 1 heterocycles. The largest absolute Gasteiger partial charge is 0.494 e. The van der Waals surface area contributed by atoms with Gasteiger partial charge in [0.05, 0.1) is 12.8 Å². The van der Waals surface area contributed by atoms with Gasteiger partial charge in [-0.2, -0.15) is 0 Å². The highest BCUT2D eigenvalue weighted by atomic mass is 35.5. The molecule has 6 nitrogen and oxygen atoms in total. The molecule has 0 radical (unpaired) electrons. The van der Waals surface area contributed by atoms with E-state index in [1.807, 2.05) is 38.1 Å². The minimum Gasteiger partial charge on any atom is -0.494 e. The minimum absolute atomic E-state index is 0.243. The van der Waals surface area contributed by atoms with Crippen LogP contribution in [0.1, 0.15) is 27.3 Å². The van der Waals surface area contributed by atoms with E-state index in [9.17, 15) is 4.79 Å². The Morgan fingerprint density at radius 1 is 1.15 bits per heavy atom. The lowest BCUT2D eigenvalue weighted by atomic mass is 10.2. The van der Waals surface area contributed by atoms with Crippen molar-refractivity contribution in [2.75, 3.05) is 12.4 Å². The molecule has 0 spiro atoms. The molecule has 0 aliphatic carbocycles. The molecule has 0 saturated heterocycles. The standard InChI is InChI=1S/C19H19ClN4O2/c1-11-5-8-17(26-4)16(9-11)24-13(3)18(22-23-24)19(25)21-15-10-14(20)7-6-12(15)2/h5-10H,1-4H3,(H,21,25). The van der Waals surface area contributed by atoms with Gasteiger partial charge in [-0.25, -0.2) is 4.68 Å². The van der Waals surface area contributed by atoms with E-state index in [0.717, 1.165) is 16.8 Å². The second kappa shape index (κ2) is 7.17. The van der Waals surface area contributed by atoms with Crippen LogP contribution >= 0.6 is 11.6 Å². The van der Waals surface area contributed by atoms with Crippen molar-refractivity contribution < 1.29 is 9.53 Å². The number of carbonyl (C=O) groups excluding carboxylic acids is 1. The first-order chi connectivity index (χ1) is 12.4. The average molecular weight is 371 g/mol. The van der Waals surface area contributed by atoms with Crippen LogP contribution in [0, 0.1) is 20.8 Å². The molecule has 0 unspecified atom stereocenters. The number of rotatable bonds is 4. The number of nitrogens with zero attached hydrogens (tertiary/aromatic N) is 3. The Kier molecular flexibility index (Phi) is 4.95. The summed E-state index contributed by atoms with van der Waals surface area (Å²) >= 11 is 6.01. The first-order valence-electron chi connectivity index (χ1n) is 8.05. The lowest BCUT2D eigenvalue weighted by molar-refractivity contribution is 0.102. The first kappa shape index (κ1) is 17.9. The molecule has 1 aromatic heterocycles. The monoisotopic (exact) mass is 370 g/mol. The fourth-order valence-corrected chi connectivity index (χ4v) is 2.82. The molecule has 0 atom stereocenters. The van der Waals surface area contributed by atoms with Gasteiger partial charge < -0.3 is 10.1 Å². The Morgan fingerprint density at radius 2 is 1.92 bits per heavy atom. The molecule has 0 bridgehead atoms. The fourth-order valence-electron chi connectivity index (χ4n) is 2.64. The van der Waals surface area contributed by atoms with E-state index >= 15 is 0 Å². The lowest BCUT2D eigenvalue weighted by Crippen LogP contribution is -2.15. The summed E-state index contributed by atoms with van der Waals surface area (Å²) in [4.78, 5) is 12.7. The quantitative estimate of drug-likeness (QED) is 0.750. The van der Waals surface area contributed by atoms with Gasteiger partial charge in [-0.05, 0) is 56.2 Å². The number of halogens is 1. The van der Waals surface area contributed by atoms with Gasteiger partial charge in [0.15, 0.2) is 5.69 Å². The summed E-state index contributed by atoms with van der Waals surface area (Å²) in [7, 11) is 1.59. The maximum absolute atomic E-state index is 12.7. The molecule has 0 aliphatic heterocycles. The van der Waals surface area contributed by atoms with E-state index < -0.39 is 0 Å². The Morgan fingerprint density at radius 3 is 2.65 bits per heavy atom. The number of ether oxygens (including phenoxy) is 1. The van der Waals surface area contributed by atoms with Gasteiger partial charge in [-0.1, -0.05) is 28.9 Å². The molecule has 3 rings (SSSR count). The van der Waals surface area contributed by atoms with Gasteiger partial charge in [-0.15, -0.1) is 5.10 Å². The van der Waals surface area contributed by atoms with E-state index in [-0.39, 0.29) is 11.6 Å². The van der Waals surface area contributed by atoms with E-state index in [0.29, 0.717) is 22.2 Å². The number of methoxy groups -OCH3 is 1. The maximum atomic E-state index is 12.7.